The van der Waals surface area contributed by atoms with E-state index in [1.54, 1.807) is 7.11 Å². The second kappa shape index (κ2) is 9.90. The Hall–Kier alpha value is -1.85. The van der Waals surface area contributed by atoms with E-state index in [9.17, 15) is 0 Å². The lowest BCUT2D eigenvalue weighted by Crippen LogP contribution is -2.38. The van der Waals surface area contributed by atoms with Gasteiger partial charge in [-0.1, -0.05) is 40.2 Å². The van der Waals surface area contributed by atoms with Crippen LogP contribution in [0.4, 0.5) is 5.69 Å². The molecule has 0 radical (unpaired) electrons. The maximum absolute atomic E-state index is 5.77. The van der Waals surface area contributed by atoms with Gasteiger partial charge in [-0.25, -0.2) is 0 Å². The quantitative estimate of drug-likeness (QED) is 0.435. The predicted molar refractivity (Wildman–Crippen MR) is 120 cm³/mol. The Kier molecular flexibility index (Phi) is 7.30. The Labute approximate surface area is 175 Å². The Balaban J connectivity index is 1.71. The fraction of sp³-hybridized carbons (Fsp3) is 0.318. The van der Waals surface area contributed by atoms with Gasteiger partial charge in [-0.05, 0) is 79.4 Å². The Bertz CT molecular complexity index is 774. The molecule has 3 nitrogen and oxygen atoms in total. The van der Waals surface area contributed by atoms with Gasteiger partial charge >= 0.3 is 0 Å². The van der Waals surface area contributed by atoms with Crippen LogP contribution in [-0.2, 0) is 6.54 Å². The van der Waals surface area contributed by atoms with Crippen molar-refractivity contribution in [1.82, 2.24) is 4.90 Å². The Morgan fingerprint density at radius 3 is 2.52 bits per heavy atom. The highest BCUT2D eigenvalue weighted by Gasteiger charge is 2.18. The van der Waals surface area contributed by atoms with E-state index in [-0.39, 0.29) is 0 Å². The van der Waals surface area contributed by atoms with E-state index in [4.69, 9.17) is 17.0 Å². The molecule has 0 saturated heterocycles. The highest BCUT2D eigenvalue weighted by atomic mass is 79.9. The number of nitrogens with zero attached hydrogens (tertiary/aromatic N) is 1. The van der Waals surface area contributed by atoms with Crippen LogP contribution in [0.5, 0.6) is 5.75 Å². The average molecular weight is 445 g/mol. The molecular formula is C22H25BrN2OS. The first-order valence-electron chi connectivity index (χ1n) is 9.23. The lowest BCUT2D eigenvalue weighted by molar-refractivity contribution is 0.319. The van der Waals surface area contributed by atoms with Crippen LogP contribution in [-0.4, -0.2) is 23.7 Å². The van der Waals surface area contributed by atoms with Crippen molar-refractivity contribution in [1.29, 1.82) is 0 Å². The van der Waals surface area contributed by atoms with Gasteiger partial charge in [0, 0.05) is 23.2 Å². The average Bonchev–Trinajstić information content (AvgIpc) is 2.70. The number of ether oxygens (including phenoxy) is 1. The molecule has 3 rings (SSSR count). The Morgan fingerprint density at radius 1 is 1.15 bits per heavy atom. The summed E-state index contributed by atoms with van der Waals surface area (Å²) in [5.74, 6) is 1.51. The van der Waals surface area contributed by atoms with E-state index in [1.807, 2.05) is 36.4 Å². The van der Waals surface area contributed by atoms with Gasteiger partial charge in [-0.15, -0.1) is 0 Å². The first kappa shape index (κ1) is 19.9. The van der Waals surface area contributed by atoms with E-state index < -0.39 is 0 Å². The van der Waals surface area contributed by atoms with Crippen molar-refractivity contribution >= 4 is 38.9 Å². The molecule has 0 saturated carbocycles. The zero-order chi connectivity index (χ0) is 19.1. The van der Waals surface area contributed by atoms with Crippen molar-refractivity contribution in [3.63, 3.8) is 0 Å². The topological polar surface area (TPSA) is 24.5 Å². The molecular weight excluding hydrogens is 420 g/mol. The lowest BCUT2D eigenvalue weighted by atomic mass is 9.94. The van der Waals surface area contributed by atoms with Crippen molar-refractivity contribution < 1.29 is 4.74 Å². The molecule has 0 spiro atoms. The molecule has 0 aromatic heterocycles. The SMILES string of the molecule is COc1ccc(CN(CC2CC=CCC2)C(=S)Nc2ccc(Br)cc2)cc1. The molecule has 1 atom stereocenters. The second-order valence-corrected chi connectivity index (χ2v) is 8.12. The van der Waals surface area contributed by atoms with Crippen LogP contribution in [0.1, 0.15) is 24.8 Å². The molecule has 0 heterocycles. The van der Waals surface area contributed by atoms with E-state index in [2.05, 4.69) is 50.4 Å². The van der Waals surface area contributed by atoms with Gasteiger partial charge in [-0.3, -0.25) is 0 Å². The van der Waals surface area contributed by atoms with Gasteiger partial charge < -0.3 is 15.0 Å². The smallest absolute Gasteiger partial charge is 0.173 e. The minimum Gasteiger partial charge on any atom is -0.497 e. The lowest BCUT2D eigenvalue weighted by Gasteiger charge is -2.31. The summed E-state index contributed by atoms with van der Waals surface area (Å²) in [4.78, 5) is 2.28. The summed E-state index contributed by atoms with van der Waals surface area (Å²) in [5, 5.41) is 4.16. The number of hydrogen-bond acceptors (Lipinski definition) is 2. The maximum atomic E-state index is 5.77. The number of methoxy groups -OCH3 is 1. The normalized spacial score (nSPS) is 16.0. The van der Waals surface area contributed by atoms with Gasteiger partial charge in [0.25, 0.3) is 0 Å². The molecule has 1 N–H and O–H groups in total. The first-order chi connectivity index (χ1) is 13.1. The monoisotopic (exact) mass is 444 g/mol. The van der Waals surface area contributed by atoms with Crippen molar-refractivity contribution in [3.05, 3.63) is 70.7 Å². The summed E-state index contributed by atoms with van der Waals surface area (Å²) in [6.07, 6.45) is 8.08. The molecule has 0 fully saturated rings. The second-order valence-electron chi connectivity index (χ2n) is 6.82. The molecule has 142 valence electrons. The fourth-order valence-electron chi connectivity index (χ4n) is 3.24. The van der Waals surface area contributed by atoms with Crippen LogP contribution in [0.3, 0.4) is 0 Å². The third-order valence-electron chi connectivity index (χ3n) is 4.77. The summed E-state index contributed by atoms with van der Waals surface area (Å²) >= 11 is 9.24. The molecule has 5 heteroatoms. The minimum absolute atomic E-state index is 0.637. The number of thiocarbonyl (C=S) groups is 1. The summed E-state index contributed by atoms with van der Waals surface area (Å²) < 4.78 is 6.33. The molecule has 2 aromatic carbocycles. The summed E-state index contributed by atoms with van der Waals surface area (Å²) in [7, 11) is 1.69. The predicted octanol–water partition coefficient (Wildman–Crippen LogP) is 6.01. The molecule has 0 bridgehead atoms. The zero-order valence-corrected chi connectivity index (χ0v) is 17.9. The van der Waals surface area contributed by atoms with Crippen molar-refractivity contribution in [2.75, 3.05) is 19.0 Å². The van der Waals surface area contributed by atoms with E-state index in [1.165, 1.54) is 12.0 Å². The number of hydrogen-bond donors (Lipinski definition) is 1. The van der Waals surface area contributed by atoms with Gasteiger partial charge in [-0.2, -0.15) is 0 Å². The zero-order valence-electron chi connectivity index (χ0n) is 15.5. The standard InChI is InChI=1S/C22H25BrN2OS/c1-26-21-13-7-18(8-14-21)16-25(15-17-5-3-2-4-6-17)22(27)24-20-11-9-19(23)10-12-20/h2-3,7-14,17H,4-6,15-16H2,1H3,(H,24,27). The molecule has 0 aliphatic heterocycles. The summed E-state index contributed by atoms with van der Waals surface area (Å²) in [6.45, 7) is 1.74. The van der Waals surface area contributed by atoms with Crippen LogP contribution >= 0.6 is 28.1 Å². The highest BCUT2D eigenvalue weighted by molar-refractivity contribution is 9.10. The van der Waals surface area contributed by atoms with E-state index in [0.29, 0.717) is 5.92 Å². The highest BCUT2D eigenvalue weighted by Crippen LogP contribution is 2.22. The van der Waals surface area contributed by atoms with E-state index in [0.717, 1.165) is 47.0 Å². The van der Waals surface area contributed by atoms with Gasteiger partial charge in [0.2, 0.25) is 0 Å². The summed E-state index contributed by atoms with van der Waals surface area (Å²) in [5.41, 5.74) is 2.23. The van der Waals surface area contributed by atoms with Gasteiger partial charge in [0.1, 0.15) is 5.75 Å². The number of anilines is 1. The Morgan fingerprint density at radius 2 is 1.89 bits per heavy atom. The molecule has 1 aliphatic carbocycles. The van der Waals surface area contributed by atoms with Gasteiger partial charge in [0.15, 0.2) is 5.11 Å². The molecule has 0 amide bonds. The van der Waals surface area contributed by atoms with Crippen molar-refractivity contribution in [2.45, 2.75) is 25.8 Å². The number of halogens is 1. The minimum atomic E-state index is 0.637. The van der Waals surface area contributed by atoms with Crippen molar-refractivity contribution in [3.8, 4) is 5.75 Å². The maximum Gasteiger partial charge on any atom is 0.173 e. The van der Waals surface area contributed by atoms with Crippen LogP contribution in [0, 0.1) is 5.92 Å². The summed E-state index contributed by atoms with van der Waals surface area (Å²) in [6, 6.07) is 16.3. The van der Waals surface area contributed by atoms with Crippen LogP contribution in [0.25, 0.3) is 0 Å². The molecule has 1 aliphatic rings. The number of nitrogens with one attached hydrogen (secondary N) is 1. The van der Waals surface area contributed by atoms with Crippen LogP contribution in [0.15, 0.2) is 65.2 Å². The van der Waals surface area contributed by atoms with Crippen LogP contribution in [0.2, 0.25) is 0 Å². The third kappa shape index (κ3) is 6.08. The van der Waals surface area contributed by atoms with Crippen molar-refractivity contribution in [2.24, 2.45) is 5.92 Å². The fourth-order valence-corrected chi connectivity index (χ4v) is 3.76. The number of allylic oxidation sites excluding steroid dienone is 2. The first-order valence-corrected chi connectivity index (χ1v) is 10.4. The van der Waals surface area contributed by atoms with E-state index >= 15 is 0 Å². The largest absolute Gasteiger partial charge is 0.497 e. The molecule has 2 aromatic rings. The number of rotatable bonds is 6. The molecule has 27 heavy (non-hydrogen) atoms. The molecule has 1 unspecified atom stereocenters. The van der Waals surface area contributed by atoms with Crippen LogP contribution < -0.4 is 10.1 Å². The number of benzene rings is 2. The third-order valence-corrected chi connectivity index (χ3v) is 5.66. The van der Waals surface area contributed by atoms with Gasteiger partial charge in [0.05, 0.1) is 7.11 Å².